The maximum Gasteiger partial charge on any atom is 0.239 e. The lowest BCUT2D eigenvalue weighted by Gasteiger charge is -2.34. The molecule has 1 saturated heterocycles. The Hall–Kier alpha value is -3.06. The number of nitrogens with zero attached hydrogens (tertiary/aromatic N) is 2. The molecule has 1 fully saturated rings. The minimum absolute atomic E-state index is 0.00490. The Morgan fingerprint density at radius 2 is 2.00 bits per heavy atom. The molecule has 0 aromatic heterocycles. The Labute approximate surface area is 166 Å². The Kier molecular flexibility index (Phi) is 4.68. The van der Waals surface area contributed by atoms with E-state index in [2.05, 4.69) is 4.99 Å². The summed E-state index contributed by atoms with van der Waals surface area (Å²) in [5.74, 6) is 0.285. The van der Waals surface area contributed by atoms with Crippen LogP contribution in [-0.4, -0.2) is 39.7 Å². The number of benzene rings is 2. The first-order chi connectivity index (χ1) is 13.5. The van der Waals surface area contributed by atoms with Gasteiger partial charge in [0, 0.05) is 11.1 Å². The van der Waals surface area contributed by atoms with Crippen LogP contribution in [0.3, 0.4) is 0 Å². The number of aliphatic imine (C=N–C) groups is 1. The molecule has 2 aliphatic rings. The molecule has 1 atom stereocenters. The number of aromatic hydroxyl groups is 1. The van der Waals surface area contributed by atoms with Gasteiger partial charge in [0.25, 0.3) is 0 Å². The number of amides is 1. The normalized spacial score (nSPS) is 18.8. The number of carbonyl (C=O) groups excluding carboxylic acids is 2. The maximum absolute atomic E-state index is 12.7. The number of phenolic OH excluding ortho intramolecular Hbond substituents is 1. The van der Waals surface area contributed by atoms with E-state index in [1.165, 1.54) is 31.9 Å². The fraction of sp³-hybridized carbons (Fsp3) is 0.190. The highest BCUT2D eigenvalue weighted by molar-refractivity contribution is 8.15. The molecule has 4 rings (SSSR count). The van der Waals surface area contributed by atoms with E-state index in [1.54, 1.807) is 17.0 Å². The van der Waals surface area contributed by atoms with Gasteiger partial charge in [-0.1, -0.05) is 48.2 Å². The summed E-state index contributed by atoms with van der Waals surface area (Å²) in [5.41, 5.74) is 2.50. The first-order valence-electron chi connectivity index (χ1n) is 8.72. The largest absolute Gasteiger partial charge is 0.504 e. The Morgan fingerprint density at radius 3 is 2.68 bits per heavy atom. The first kappa shape index (κ1) is 18.3. The quantitative estimate of drug-likeness (QED) is 0.860. The second kappa shape index (κ2) is 7.16. The van der Waals surface area contributed by atoms with Crippen molar-refractivity contribution < 1.29 is 19.4 Å². The molecule has 0 saturated carbocycles. The van der Waals surface area contributed by atoms with Crippen LogP contribution in [-0.2, 0) is 9.59 Å². The number of amidine groups is 1. The first-order valence-corrected chi connectivity index (χ1v) is 9.70. The van der Waals surface area contributed by atoms with Crippen LogP contribution >= 0.6 is 11.8 Å². The van der Waals surface area contributed by atoms with Gasteiger partial charge in [0.15, 0.2) is 22.4 Å². The standard InChI is InChI=1S/C21H18N2O4S/c1-12(24)18-19(13-6-4-3-5-7-13)22-21-23(17(26)11-28-21)20(18)14-8-9-15(25)16(10-14)27-2/h3-10,20,25H,11H2,1-2H3. The van der Waals surface area contributed by atoms with Gasteiger partial charge in [-0.25, -0.2) is 4.99 Å². The highest BCUT2D eigenvalue weighted by Crippen LogP contribution is 2.45. The fourth-order valence-electron chi connectivity index (χ4n) is 3.48. The van der Waals surface area contributed by atoms with Crippen molar-refractivity contribution in [2.75, 3.05) is 12.9 Å². The summed E-state index contributed by atoms with van der Waals surface area (Å²) >= 11 is 1.36. The lowest BCUT2D eigenvalue weighted by Crippen LogP contribution is -2.39. The molecule has 28 heavy (non-hydrogen) atoms. The third kappa shape index (κ3) is 2.97. The predicted octanol–water partition coefficient (Wildman–Crippen LogP) is 3.39. The zero-order valence-electron chi connectivity index (χ0n) is 15.4. The summed E-state index contributed by atoms with van der Waals surface area (Å²) in [7, 11) is 1.46. The molecular formula is C21H18N2O4S. The molecule has 0 radical (unpaired) electrons. The van der Waals surface area contributed by atoms with E-state index in [1.807, 2.05) is 30.3 Å². The van der Waals surface area contributed by atoms with Crippen LogP contribution in [0.1, 0.15) is 24.1 Å². The van der Waals surface area contributed by atoms with Crippen LogP contribution < -0.4 is 4.74 Å². The number of Topliss-reactive ketones (excluding diaryl/α,β-unsaturated/α-hetero) is 1. The number of methoxy groups -OCH3 is 1. The molecule has 0 spiro atoms. The summed E-state index contributed by atoms with van der Waals surface area (Å²) in [6.45, 7) is 1.48. The van der Waals surface area contributed by atoms with E-state index in [0.717, 1.165) is 5.56 Å². The summed E-state index contributed by atoms with van der Waals surface area (Å²) in [4.78, 5) is 31.6. The van der Waals surface area contributed by atoms with E-state index in [0.29, 0.717) is 22.0 Å². The van der Waals surface area contributed by atoms with Gasteiger partial charge in [-0.3, -0.25) is 14.5 Å². The molecule has 0 bridgehead atoms. The Bertz CT molecular complexity index is 1030. The zero-order valence-corrected chi connectivity index (χ0v) is 16.2. The zero-order chi connectivity index (χ0) is 19.8. The number of thioether (sulfide) groups is 1. The van der Waals surface area contributed by atoms with Gasteiger partial charge in [0.05, 0.1) is 24.6 Å². The molecule has 2 aromatic carbocycles. The second-order valence-corrected chi connectivity index (χ2v) is 7.41. The molecule has 142 valence electrons. The smallest absolute Gasteiger partial charge is 0.239 e. The Morgan fingerprint density at radius 1 is 1.25 bits per heavy atom. The van der Waals surface area contributed by atoms with Crippen LogP contribution in [0.4, 0.5) is 0 Å². The van der Waals surface area contributed by atoms with Crippen LogP contribution in [0.15, 0.2) is 59.1 Å². The van der Waals surface area contributed by atoms with E-state index in [-0.39, 0.29) is 28.9 Å². The molecule has 1 N–H and O–H groups in total. The van der Waals surface area contributed by atoms with E-state index in [9.17, 15) is 14.7 Å². The predicted molar refractivity (Wildman–Crippen MR) is 108 cm³/mol. The number of hydrogen-bond donors (Lipinski definition) is 1. The van der Waals surface area contributed by atoms with Gasteiger partial charge in [0.2, 0.25) is 5.91 Å². The lowest BCUT2D eigenvalue weighted by atomic mass is 9.89. The third-order valence-corrected chi connectivity index (χ3v) is 5.68. The van der Waals surface area contributed by atoms with Gasteiger partial charge in [-0.05, 0) is 24.6 Å². The van der Waals surface area contributed by atoms with Crippen molar-refractivity contribution in [2.24, 2.45) is 4.99 Å². The number of hydrogen-bond acceptors (Lipinski definition) is 6. The average Bonchev–Trinajstić information content (AvgIpc) is 3.08. The Balaban J connectivity index is 1.97. The fourth-order valence-corrected chi connectivity index (χ4v) is 4.38. The molecule has 2 heterocycles. The van der Waals surface area contributed by atoms with Gasteiger partial charge >= 0.3 is 0 Å². The highest BCUT2D eigenvalue weighted by Gasteiger charge is 2.43. The van der Waals surface area contributed by atoms with Crippen molar-refractivity contribution in [2.45, 2.75) is 13.0 Å². The molecule has 7 heteroatoms. The summed E-state index contributed by atoms with van der Waals surface area (Å²) in [6, 6.07) is 13.7. The van der Waals surface area contributed by atoms with Crippen molar-refractivity contribution in [1.82, 2.24) is 4.90 Å². The van der Waals surface area contributed by atoms with E-state index in [4.69, 9.17) is 4.74 Å². The minimum atomic E-state index is -0.628. The SMILES string of the molecule is COc1cc(C2C(C(C)=O)=C(c3ccccc3)N=C3SCC(=O)N32)ccc1O. The van der Waals surface area contributed by atoms with E-state index >= 15 is 0 Å². The molecule has 1 amide bonds. The van der Waals surface area contributed by atoms with Crippen molar-refractivity contribution in [1.29, 1.82) is 0 Å². The summed E-state index contributed by atoms with van der Waals surface area (Å²) < 4.78 is 5.23. The molecular weight excluding hydrogens is 376 g/mol. The average molecular weight is 394 g/mol. The molecule has 0 aliphatic carbocycles. The lowest BCUT2D eigenvalue weighted by molar-refractivity contribution is -0.125. The van der Waals surface area contributed by atoms with Crippen LogP contribution in [0.25, 0.3) is 5.70 Å². The topological polar surface area (TPSA) is 79.2 Å². The molecule has 1 unspecified atom stereocenters. The monoisotopic (exact) mass is 394 g/mol. The van der Waals surface area contributed by atoms with Gasteiger partial charge in [0.1, 0.15) is 0 Å². The summed E-state index contributed by atoms with van der Waals surface area (Å²) in [5, 5.41) is 10.5. The van der Waals surface area contributed by atoms with Crippen LogP contribution in [0.2, 0.25) is 0 Å². The number of rotatable bonds is 4. The number of phenols is 1. The van der Waals surface area contributed by atoms with Gasteiger partial charge in [-0.15, -0.1) is 0 Å². The number of ether oxygens (including phenoxy) is 1. The highest BCUT2D eigenvalue weighted by atomic mass is 32.2. The van der Waals surface area contributed by atoms with Crippen molar-refractivity contribution in [3.8, 4) is 11.5 Å². The number of ketones is 1. The molecule has 2 aliphatic heterocycles. The number of carbonyl (C=O) groups is 2. The number of fused-ring (bicyclic) bond motifs is 1. The van der Waals surface area contributed by atoms with E-state index < -0.39 is 6.04 Å². The summed E-state index contributed by atoms with van der Waals surface area (Å²) in [6.07, 6.45) is 0. The van der Waals surface area contributed by atoms with Crippen molar-refractivity contribution >= 4 is 34.3 Å². The second-order valence-electron chi connectivity index (χ2n) is 6.47. The van der Waals surface area contributed by atoms with Crippen LogP contribution in [0.5, 0.6) is 11.5 Å². The third-order valence-electron chi connectivity index (χ3n) is 4.74. The van der Waals surface area contributed by atoms with Gasteiger partial charge in [-0.2, -0.15) is 0 Å². The maximum atomic E-state index is 12.7. The van der Waals surface area contributed by atoms with Crippen molar-refractivity contribution in [3.05, 3.63) is 65.2 Å². The molecule has 6 nitrogen and oxygen atoms in total. The van der Waals surface area contributed by atoms with Crippen LogP contribution in [0, 0.1) is 0 Å². The minimum Gasteiger partial charge on any atom is -0.504 e. The molecule has 2 aromatic rings. The van der Waals surface area contributed by atoms with Crippen molar-refractivity contribution in [3.63, 3.8) is 0 Å². The van der Waals surface area contributed by atoms with Gasteiger partial charge < -0.3 is 9.84 Å².